The minimum Gasteiger partial charge on any atom is -0.283 e. The van der Waals surface area contributed by atoms with Crippen LogP contribution in [0.15, 0.2) is 35.0 Å². The van der Waals surface area contributed by atoms with Crippen LogP contribution in [0.3, 0.4) is 0 Å². The monoisotopic (exact) mass is 241 g/mol. The highest BCUT2D eigenvalue weighted by molar-refractivity contribution is 7.88. The molecule has 0 aliphatic rings. The fourth-order valence-electron chi connectivity index (χ4n) is 0.497. The van der Waals surface area contributed by atoms with Crippen LogP contribution in [0.2, 0.25) is 0 Å². The van der Waals surface area contributed by atoms with Crippen LogP contribution < -0.4 is 4.72 Å². The van der Waals surface area contributed by atoms with Gasteiger partial charge in [0, 0.05) is 5.03 Å². The van der Waals surface area contributed by atoms with Crippen LogP contribution >= 0.6 is 23.2 Å². The molecule has 3 nitrogen and oxygen atoms in total. The van der Waals surface area contributed by atoms with Gasteiger partial charge in [0.05, 0.1) is 17.0 Å². The first kappa shape index (κ1) is 12.6. The van der Waals surface area contributed by atoms with Crippen LogP contribution in [0.1, 0.15) is 0 Å². The Labute approximate surface area is 87.8 Å². The summed E-state index contributed by atoms with van der Waals surface area (Å²) in [5.41, 5.74) is 0.0611. The zero-order valence-electron chi connectivity index (χ0n) is 6.97. The Balaban J connectivity index is 4.56. The highest BCUT2D eigenvalue weighted by Crippen LogP contribution is 2.14. The summed E-state index contributed by atoms with van der Waals surface area (Å²) in [6, 6.07) is 0. The molecule has 0 unspecified atom stereocenters. The molecule has 0 aromatic carbocycles. The predicted octanol–water partition coefficient (Wildman–Crippen LogP) is 1.92. The third-order valence-corrected chi connectivity index (χ3v) is 1.94. The van der Waals surface area contributed by atoms with Gasteiger partial charge in [-0.3, -0.25) is 4.72 Å². The summed E-state index contributed by atoms with van der Waals surface area (Å²) in [5, 5.41) is 0.298. The lowest BCUT2D eigenvalue weighted by molar-refractivity contribution is 0.595. The Kier molecular flexibility index (Phi) is 4.53. The van der Waals surface area contributed by atoms with E-state index in [0.717, 1.165) is 6.26 Å². The average molecular weight is 242 g/mol. The molecule has 1 N–H and O–H groups in total. The molecular formula is C7H9Cl2NO2S. The van der Waals surface area contributed by atoms with Crippen LogP contribution in [0.4, 0.5) is 0 Å². The summed E-state index contributed by atoms with van der Waals surface area (Å²) in [7, 11) is -3.35. The van der Waals surface area contributed by atoms with Gasteiger partial charge in [-0.15, -0.1) is 0 Å². The molecule has 0 aliphatic carbocycles. The molecule has 0 aromatic heterocycles. The summed E-state index contributed by atoms with van der Waals surface area (Å²) >= 11 is 11.0. The van der Waals surface area contributed by atoms with E-state index in [1.165, 1.54) is 6.08 Å². The smallest absolute Gasteiger partial charge is 0.229 e. The van der Waals surface area contributed by atoms with Crippen molar-refractivity contribution in [3.63, 3.8) is 0 Å². The van der Waals surface area contributed by atoms with Gasteiger partial charge >= 0.3 is 0 Å². The van der Waals surface area contributed by atoms with E-state index in [2.05, 4.69) is 17.9 Å². The summed E-state index contributed by atoms with van der Waals surface area (Å²) in [5.74, 6) is 0. The van der Waals surface area contributed by atoms with Crippen LogP contribution in [-0.2, 0) is 10.0 Å². The molecule has 0 saturated heterocycles. The lowest BCUT2D eigenvalue weighted by atomic mass is 10.4. The number of halogens is 2. The summed E-state index contributed by atoms with van der Waals surface area (Å²) in [4.78, 5) is 0. The second-order valence-corrected chi connectivity index (χ2v) is 4.93. The topological polar surface area (TPSA) is 46.2 Å². The third kappa shape index (κ3) is 6.69. The van der Waals surface area contributed by atoms with Crippen molar-refractivity contribution in [1.82, 2.24) is 4.72 Å². The van der Waals surface area contributed by atoms with Gasteiger partial charge in [-0.2, -0.15) is 0 Å². The van der Waals surface area contributed by atoms with E-state index in [9.17, 15) is 8.42 Å². The summed E-state index contributed by atoms with van der Waals surface area (Å²) in [6.07, 6.45) is 2.29. The van der Waals surface area contributed by atoms with Crippen molar-refractivity contribution in [2.24, 2.45) is 0 Å². The number of sulfonamides is 1. The Morgan fingerprint density at radius 1 is 1.38 bits per heavy atom. The van der Waals surface area contributed by atoms with Crippen molar-refractivity contribution in [2.75, 3.05) is 6.26 Å². The average Bonchev–Trinajstić information content (AvgIpc) is 1.81. The molecule has 6 heteroatoms. The van der Waals surface area contributed by atoms with Crippen molar-refractivity contribution in [3.05, 3.63) is 35.0 Å². The van der Waals surface area contributed by atoms with Crippen LogP contribution in [0, 0.1) is 0 Å². The third-order valence-electron chi connectivity index (χ3n) is 0.880. The Morgan fingerprint density at radius 2 is 1.85 bits per heavy atom. The van der Waals surface area contributed by atoms with Gasteiger partial charge in [0.15, 0.2) is 0 Å². The maximum atomic E-state index is 10.7. The van der Waals surface area contributed by atoms with E-state index in [4.69, 9.17) is 23.2 Å². The predicted molar refractivity (Wildman–Crippen MR) is 56.0 cm³/mol. The van der Waals surface area contributed by atoms with Gasteiger partial charge in [0.1, 0.15) is 0 Å². The summed E-state index contributed by atoms with van der Waals surface area (Å²) in [6.45, 7) is 6.76. The van der Waals surface area contributed by atoms with Crippen LogP contribution in [-0.4, -0.2) is 14.7 Å². The van der Waals surface area contributed by atoms with E-state index < -0.39 is 10.0 Å². The zero-order valence-corrected chi connectivity index (χ0v) is 9.30. The second-order valence-electron chi connectivity index (χ2n) is 2.29. The molecule has 0 aromatic rings. The Bertz CT molecular complexity index is 357. The molecule has 0 bridgehead atoms. The Hall–Kier alpha value is -0.450. The van der Waals surface area contributed by atoms with E-state index in [1.54, 1.807) is 0 Å². The normalized spacial score (nSPS) is 12.4. The number of allylic oxidation sites excluding steroid dienone is 3. The SMILES string of the molecule is C=C(Cl)/C=C(/Cl)C(=C)NS(C)(=O)=O. The van der Waals surface area contributed by atoms with E-state index in [-0.39, 0.29) is 15.8 Å². The molecule has 0 rings (SSSR count). The van der Waals surface area contributed by atoms with Gasteiger partial charge in [-0.1, -0.05) is 36.4 Å². The van der Waals surface area contributed by atoms with Crippen LogP contribution in [0.5, 0.6) is 0 Å². The minimum atomic E-state index is -3.35. The molecule has 0 saturated carbocycles. The second kappa shape index (κ2) is 4.69. The van der Waals surface area contributed by atoms with E-state index in [0.29, 0.717) is 0 Å². The van der Waals surface area contributed by atoms with Gasteiger partial charge in [0.25, 0.3) is 0 Å². The molecule has 0 heterocycles. The van der Waals surface area contributed by atoms with Crippen molar-refractivity contribution in [2.45, 2.75) is 0 Å². The van der Waals surface area contributed by atoms with Crippen molar-refractivity contribution in [1.29, 1.82) is 0 Å². The summed E-state index contributed by atoms with van der Waals surface area (Å²) < 4.78 is 23.5. The maximum Gasteiger partial charge on any atom is 0.229 e. The fourth-order valence-corrected chi connectivity index (χ4v) is 1.45. The van der Waals surface area contributed by atoms with Gasteiger partial charge in [0.2, 0.25) is 10.0 Å². The quantitative estimate of drug-likeness (QED) is 0.765. The number of hydrogen-bond donors (Lipinski definition) is 1. The molecule has 74 valence electrons. The molecular weight excluding hydrogens is 233 g/mol. The molecule has 0 amide bonds. The standard InChI is InChI=1S/C7H9Cl2NO2S/c1-5(8)4-7(9)6(2)10-13(3,11)12/h4,10H,1-2H2,3H3/b7-4+. The molecule has 13 heavy (non-hydrogen) atoms. The number of rotatable bonds is 4. The van der Waals surface area contributed by atoms with E-state index in [1.807, 2.05) is 0 Å². The molecule has 0 aliphatic heterocycles. The lowest BCUT2D eigenvalue weighted by Crippen LogP contribution is -2.20. The highest BCUT2D eigenvalue weighted by Gasteiger charge is 2.05. The fraction of sp³-hybridized carbons (Fsp3) is 0.143. The lowest BCUT2D eigenvalue weighted by Gasteiger charge is -2.05. The zero-order chi connectivity index (χ0) is 10.6. The molecule has 0 radical (unpaired) electrons. The first-order valence-electron chi connectivity index (χ1n) is 3.11. The van der Waals surface area contributed by atoms with Gasteiger partial charge < -0.3 is 0 Å². The maximum absolute atomic E-state index is 10.7. The van der Waals surface area contributed by atoms with E-state index >= 15 is 0 Å². The largest absolute Gasteiger partial charge is 0.283 e. The molecule has 0 atom stereocenters. The van der Waals surface area contributed by atoms with Gasteiger partial charge in [-0.25, -0.2) is 8.42 Å². The number of hydrogen-bond acceptors (Lipinski definition) is 2. The molecule has 0 spiro atoms. The number of nitrogens with one attached hydrogen (secondary N) is 1. The van der Waals surface area contributed by atoms with Crippen LogP contribution in [0.25, 0.3) is 0 Å². The highest BCUT2D eigenvalue weighted by atomic mass is 35.5. The van der Waals surface area contributed by atoms with Crippen molar-refractivity contribution >= 4 is 33.2 Å². The Morgan fingerprint density at radius 3 is 2.15 bits per heavy atom. The molecule has 0 fully saturated rings. The van der Waals surface area contributed by atoms with Crippen molar-refractivity contribution < 1.29 is 8.42 Å². The van der Waals surface area contributed by atoms with Crippen molar-refractivity contribution in [3.8, 4) is 0 Å². The van der Waals surface area contributed by atoms with Gasteiger partial charge in [-0.05, 0) is 6.08 Å². The minimum absolute atomic E-state index is 0.0611. The first-order valence-corrected chi connectivity index (χ1v) is 5.76. The first-order chi connectivity index (χ1) is 5.72.